The quantitative estimate of drug-likeness (QED) is 0.707. The Kier molecular flexibility index (Phi) is 7.56. The van der Waals surface area contributed by atoms with Crippen molar-refractivity contribution < 1.29 is 46.1 Å². The molecule has 2 fully saturated rings. The number of hydrogen-bond donors (Lipinski definition) is 0. The van der Waals surface area contributed by atoms with E-state index in [1.165, 1.54) is 51.4 Å². The molecule has 2 aliphatic carbocycles. The topological polar surface area (TPSA) is 17.1 Å². The summed E-state index contributed by atoms with van der Waals surface area (Å²) in [5.74, 6) is 1.48. The fourth-order valence-electron chi connectivity index (χ4n) is 3.06. The Morgan fingerprint density at radius 2 is 1.31 bits per heavy atom. The molecule has 0 N–H and O–H groups in total. The minimum absolute atomic E-state index is 0. The molecule has 0 saturated heterocycles. The van der Waals surface area contributed by atoms with E-state index in [9.17, 15) is 4.79 Å². The molecule has 0 aliphatic heterocycles. The molecular weight excluding hydrogens is 325 g/mol. The molecule has 1 radical (unpaired) electrons. The van der Waals surface area contributed by atoms with E-state index in [-0.39, 0.29) is 41.3 Å². The normalized spacial score (nSPS) is 23.5. The van der Waals surface area contributed by atoms with Crippen LogP contribution >= 0.6 is 0 Å². The summed E-state index contributed by atoms with van der Waals surface area (Å²) < 4.78 is 0. The van der Waals surface area contributed by atoms with Crippen LogP contribution in [0.2, 0.25) is 0 Å². The Bertz CT molecular complexity index is 203. The van der Waals surface area contributed by atoms with E-state index < -0.39 is 0 Å². The van der Waals surface area contributed by atoms with E-state index >= 15 is 0 Å². The van der Waals surface area contributed by atoms with Crippen LogP contribution in [0.25, 0.3) is 0 Å². The predicted octanol–water partition coefficient (Wildman–Crippen LogP) is 3.92. The van der Waals surface area contributed by atoms with Gasteiger partial charge in [-0.05, 0) is 18.8 Å². The second-order valence-corrected chi connectivity index (χ2v) is 5.30. The van der Waals surface area contributed by atoms with Crippen molar-refractivity contribution in [1.29, 1.82) is 0 Å². The summed E-state index contributed by atoms with van der Waals surface area (Å²) >= 11 is 0. The van der Waals surface area contributed by atoms with Crippen LogP contribution in [0.4, 0.5) is 0 Å². The van der Waals surface area contributed by atoms with Gasteiger partial charge in [-0.2, -0.15) is 0 Å². The van der Waals surface area contributed by atoms with E-state index in [0.717, 1.165) is 12.8 Å². The average molecular weight is 348 g/mol. The first-order chi connectivity index (χ1) is 7.36. The van der Waals surface area contributed by atoms with Gasteiger partial charge in [0.2, 0.25) is 0 Å². The van der Waals surface area contributed by atoms with Crippen LogP contribution in [-0.2, 0) is 4.79 Å². The Labute approximate surface area is 133 Å². The SMILES string of the molecule is O=C([CH-]C1CCCCC1)C1CCCCC1.[Pr]. The van der Waals surface area contributed by atoms with Gasteiger partial charge in [0, 0.05) is 47.1 Å². The van der Waals surface area contributed by atoms with Crippen LogP contribution in [0, 0.1) is 59.5 Å². The van der Waals surface area contributed by atoms with Crippen molar-refractivity contribution >= 4 is 5.78 Å². The van der Waals surface area contributed by atoms with E-state index in [1.54, 1.807) is 0 Å². The third-order valence-electron chi connectivity index (χ3n) is 4.06. The van der Waals surface area contributed by atoms with Crippen LogP contribution in [0.15, 0.2) is 0 Å². The summed E-state index contributed by atoms with van der Waals surface area (Å²) in [6.07, 6.45) is 14.8. The Morgan fingerprint density at radius 1 is 0.812 bits per heavy atom. The predicted molar refractivity (Wildman–Crippen MR) is 62.5 cm³/mol. The van der Waals surface area contributed by atoms with Gasteiger partial charge in [0.1, 0.15) is 0 Å². The van der Waals surface area contributed by atoms with Gasteiger partial charge in [0.25, 0.3) is 0 Å². The molecule has 0 aromatic carbocycles. The smallest absolute Gasteiger partial charge is 0.00216 e. The maximum Gasteiger partial charge on any atom is 0.00216 e. The Morgan fingerprint density at radius 3 is 1.88 bits per heavy atom. The van der Waals surface area contributed by atoms with E-state index in [1.807, 2.05) is 0 Å². The molecule has 0 aromatic rings. The van der Waals surface area contributed by atoms with Crippen molar-refractivity contribution in [3.63, 3.8) is 0 Å². The van der Waals surface area contributed by atoms with Gasteiger partial charge < -0.3 is 11.2 Å². The van der Waals surface area contributed by atoms with Gasteiger partial charge in [-0.25, -0.2) is 0 Å². The molecule has 1 nitrogen and oxygen atoms in total. The van der Waals surface area contributed by atoms with Crippen molar-refractivity contribution in [2.75, 3.05) is 0 Å². The first-order valence-corrected chi connectivity index (χ1v) is 6.75. The molecule has 2 saturated carbocycles. The van der Waals surface area contributed by atoms with Gasteiger partial charge in [-0.1, -0.05) is 51.4 Å². The fraction of sp³-hybridized carbons (Fsp3) is 0.857. The Balaban J connectivity index is 0.00000128. The first kappa shape index (κ1) is 15.0. The number of Topliss-reactive ketones (excluding diaryl/α,β-unsaturated/α-hetero) is 1. The molecule has 0 unspecified atom stereocenters. The molecule has 2 aliphatic rings. The first-order valence-electron chi connectivity index (χ1n) is 6.75. The standard InChI is InChI=1S/C14H23O.Pr/c15-14(13-9-5-2-6-10-13)11-12-7-3-1-4-8-12;/h11-13H,1-10H2;/q-1;. The van der Waals surface area contributed by atoms with Gasteiger partial charge in [0.05, 0.1) is 0 Å². The van der Waals surface area contributed by atoms with Gasteiger partial charge in [-0.3, -0.25) is 0 Å². The molecule has 2 heteroatoms. The van der Waals surface area contributed by atoms with Crippen molar-refractivity contribution in [2.45, 2.75) is 64.2 Å². The van der Waals surface area contributed by atoms with E-state index in [0.29, 0.717) is 17.6 Å². The third-order valence-corrected chi connectivity index (χ3v) is 4.06. The summed E-state index contributed by atoms with van der Waals surface area (Å²) in [4.78, 5) is 12.0. The van der Waals surface area contributed by atoms with Crippen molar-refractivity contribution in [1.82, 2.24) is 0 Å². The summed E-state index contributed by atoms with van der Waals surface area (Å²) in [5.41, 5.74) is 0. The van der Waals surface area contributed by atoms with Crippen LogP contribution in [0.3, 0.4) is 0 Å². The number of ketones is 1. The molecule has 0 heterocycles. The molecule has 2 rings (SSSR count). The zero-order chi connectivity index (χ0) is 10.5. The molecule has 0 spiro atoms. The van der Waals surface area contributed by atoms with Crippen molar-refractivity contribution in [3.8, 4) is 0 Å². The zero-order valence-electron chi connectivity index (χ0n) is 10.3. The minimum atomic E-state index is 0. The molecule has 89 valence electrons. The molecule has 0 atom stereocenters. The summed E-state index contributed by atoms with van der Waals surface area (Å²) in [7, 11) is 0. The van der Waals surface area contributed by atoms with Crippen LogP contribution in [0.5, 0.6) is 0 Å². The van der Waals surface area contributed by atoms with Crippen LogP contribution in [0.1, 0.15) is 64.2 Å². The second kappa shape index (κ2) is 8.08. The van der Waals surface area contributed by atoms with Crippen LogP contribution in [-0.4, -0.2) is 5.78 Å². The number of rotatable bonds is 3. The number of carbonyl (C=O) groups is 1. The third kappa shape index (κ3) is 4.65. The number of carbonyl (C=O) groups excluding carboxylic acids is 1. The van der Waals surface area contributed by atoms with Crippen molar-refractivity contribution in [2.24, 2.45) is 11.8 Å². The molecule has 0 bridgehead atoms. The maximum absolute atomic E-state index is 12.0. The zero-order valence-corrected chi connectivity index (χ0v) is 14.0. The summed E-state index contributed by atoms with van der Waals surface area (Å²) in [6, 6.07) is 0. The second-order valence-electron chi connectivity index (χ2n) is 5.30. The largest absolute Gasteiger partial charge is 0.334 e. The van der Waals surface area contributed by atoms with E-state index in [4.69, 9.17) is 0 Å². The molecular formula is C14H23OPr-. The summed E-state index contributed by atoms with van der Waals surface area (Å²) in [5, 5.41) is 0. The maximum atomic E-state index is 12.0. The minimum Gasteiger partial charge on any atom is -0.334 e. The fourth-order valence-corrected chi connectivity index (χ4v) is 3.06. The van der Waals surface area contributed by atoms with Gasteiger partial charge in [-0.15, -0.1) is 5.92 Å². The van der Waals surface area contributed by atoms with Crippen LogP contribution < -0.4 is 0 Å². The number of hydrogen-bond acceptors (Lipinski definition) is 1. The average Bonchev–Trinajstić information content (AvgIpc) is 2.31. The van der Waals surface area contributed by atoms with Crippen molar-refractivity contribution in [3.05, 3.63) is 6.42 Å². The van der Waals surface area contributed by atoms with Gasteiger partial charge in [0.15, 0.2) is 0 Å². The Hall–Kier alpha value is 0.904. The monoisotopic (exact) mass is 348 g/mol. The summed E-state index contributed by atoms with van der Waals surface area (Å²) in [6.45, 7) is 0. The molecule has 16 heavy (non-hydrogen) atoms. The van der Waals surface area contributed by atoms with Gasteiger partial charge >= 0.3 is 0 Å². The molecule has 0 aromatic heterocycles. The van der Waals surface area contributed by atoms with E-state index in [2.05, 4.69) is 6.42 Å². The molecule has 0 amide bonds.